The molecule has 0 heteroatoms. The molecule has 0 bridgehead atoms. The highest BCUT2D eigenvalue weighted by Crippen LogP contribution is 2.41. The molecule has 0 unspecified atom stereocenters. The van der Waals surface area contributed by atoms with Crippen molar-refractivity contribution in [3.8, 4) is 11.1 Å². The molecule has 0 fully saturated rings. The Labute approximate surface area is 155 Å². The van der Waals surface area contributed by atoms with Crippen molar-refractivity contribution in [2.75, 3.05) is 0 Å². The fourth-order valence-corrected chi connectivity index (χ4v) is 4.47. The molecule has 0 nitrogen and oxygen atoms in total. The summed E-state index contributed by atoms with van der Waals surface area (Å²) in [5.41, 5.74) is 7.39. The zero-order valence-electron chi connectivity index (χ0n) is 15.4. The summed E-state index contributed by atoms with van der Waals surface area (Å²) in [5.74, 6) is 0. The summed E-state index contributed by atoms with van der Waals surface area (Å²) in [4.78, 5) is 0. The van der Waals surface area contributed by atoms with Gasteiger partial charge in [0.1, 0.15) is 0 Å². The average molecular weight is 336 g/mol. The van der Waals surface area contributed by atoms with Gasteiger partial charge in [0.2, 0.25) is 0 Å². The van der Waals surface area contributed by atoms with Gasteiger partial charge in [-0.05, 0) is 80.8 Å². The molecule has 0 spiro atoms. The smallest absolute Gasteiger partial charge is 0.000728 e. The molecule has 0 heterocycles. The van der Waals surface area contributed by atoms with Crippen molar-refractivity contribution in [2.45, 2.75) is 39.0 Å². The van der Waals surface area contributed by atoms with Crippen LogP contribution in [0.5, 0.6) is 0 Å². The number of hydrogen-bond acceptors (Lipinski definition) is 0. The number of hydrogen-bond donors (Lipinski definition) is 0. The number of aryl methyl sites for hydroxylation is 1. The first-order valence-corrected chi connectivity index (χ1v) is 9.90. The molecule has 5 rings (SSSR count). The lowest BCUT2D eigenvalue weighted by molar-refractivity contribution is 0.717. The van der Waals surface area contributed by atoms with Crippen LogP contribution in [0.2, 0.25) is 0 Å². The van der Waals surface area contributed by atoms with Crippen LogP contribution < -0.4 is 0 Å². The lowest BCUT2D eigenvalue weighted by Gasteiger charge is -2.08. The zero-order chi connectivity index (χ0) is 17.5. The van der Waals surface area contributed by atoms with Crippen molar-refractivity contribution in [1.82, 2.24) is 0 Å². The molecule has 128 valence electrons. The van der Waals surface area contributed by atoms with E-state index in [0.29, 0.717) is 0 Å². The van der Waals surface area contributed by atoms with E-state index in [0.717, 1.165) is 6.42 Å². The van der Waals surface area contributed by atoms with Gasteiger partial charge < -0.3 is 0 Å². The molecular weight excluding hydrogens is 312 g/mol. The lowest BCUT2D eigenvalue weighted by Crippen LogP contribution is -1.88. The fraction of sp³-hybridized carbons (Fsp3) is 0.231. The third-order valence-electron chi connectivity index (χ3n) is 5.90. The highest BCUT2D eigenvalue weighted by atomic mass is 14.2. The summed E-state index contributed by atoms with van der Waals surface area (Å²) in [5, 5.41) is 5.45. The van der Waals surface area contributed by atoms with Crippen LogP contribution in [-0.4, -0.2) is 0 Å². The third kappa shape index (κ3) is 2.52. The first kappa shape index (κ1) is 15.6. The molecule has 26 heavy (non-hydrogen) atoms. The molecule has 4 aromatic rings. The summed E-state index contributed by atoms with van der Waals surface area (Å²) in [6, 6.07) is 25.2. The lowest BCUT2D eigenvalue weighted by atomic mass is 9.96. The topological polar surface area (TPSA) is 0 Å². The van der Waals surface area contributed by atoms with Gasteiger partial charge in [-0.3, -0.25) is 0 Å². The Kier molecular flexibility index (Phi) is 3.78. The number of unbranched alkanes of at least 4 members (excludes halogenated alkanes) is 2. The fourth-order valence-electron chi connectivity index (χ4n) is 4.47. The first-order valence-electron chi connectivity index (χ1n) is 9.90. The average Bonchev–Trinajstić information content (AvgIpc) is 3.05. The van der Waals surface area contributed by atoms with Crippen LogP contribution in [0.25, 0.3) is 32.7 Å². The number of rotatable bonds is 4. The van der Waals surface area contributed by atoms with E-state index < -0.39 is 0 Å². The molecule has 0 saturated heterocycles. The van der Waals surface area contributed by atoms with Crippen LogP contribution in [0.15, 0.2) is 66.7 Å². The van der Waals surface area contributed by atoms with Gasteiger partial charge in [0.25, 0.3) is 0 Å². The van der Waals surface area contributed by atoms with Crippen molar-refractivity contribution in [2.24, 2.45) is 0 Å². The summed E-state index contributed by atoms with van der Waals surface area (Å²) < 4.78 is 0. The second-order valence-electron chi connectivity index (χ2n) is 7.64. The predicted octanol–water partition coefficient (Wildman–Crippen LogP) is 7.30. The Bertz CT molecular complexity index is 1120. The molecular formula is C26H24. The van der Waals surface area contributed by atoms with E-state index in [1.165, 1.54) is 75.0 Å². The molecule has 0 aromatic heterocycles. The van der Waals surface area contributed by atoms with Gasteiger partial charge in [-0.25, -0.2) is 0 Å². The normalized spacial score (nSPS) is 12.5. The van der Waals surface area contributed by atoms with Gasteiger partial charge in [0.15, 0.2) is 0 Å². The maximum atomic E-state index is 2.45. The first-order chi connectivity index (χ1) is 12.8. The maximum Gasteiger partial charge on any atom is -0.000728 e. The minimum Gasteiger partial charge on any atom is -0.0654 e. The van der Waals surface area contributed by atoms with E-state index in [-0.39, 0.29) is 0 Å². The summed E-state index contributed by atoms with van der Waals surface area (Å²) in [7, 11) is 0. The van der Waals surface area contributed by atoms with Gasteiger partial charge in [-0.2, -0.15) is 0 Å². The van der Waals surface area contributed by atoms with E-state index in [4.69, 9.17) is 0 Å². The van der Waals surface area contributed by atoms with E-state index in [1.54, 1.807) is 0 Å². The van der Waals surface area contributed by atoms with E-state index in [9.17, 15) is 0 Å². The van der Waals surface area contributed by atoms with Crippen LogP contribution in [0, 0.1) is 0 Å². The molecule has 0 atom stereocenters. The molecule has 0 amide bonds. The second-order valence-corrected chi connectivity index (χ2v) is 7.64. The monoisotopic (exact) mass is 336 g/mol. The molecule has 1 aliphatic carbocycles. The Morgan fingerprint density at radius 1 is 0.731 bits per heavy atom. The minimum atomic E-state index is 1.07. The number of benzene rings is 4. The molecule has 0 aliphatic heterocycles. The minimum absolute atomic E-state index is 1.07. The van der Waals surface area contributed by atoms with E-state index >= 15 is 0 Å². The molecule has 0 saturated carbocycles. The van der Waals surface area contributed by atoms with Crippen LogP contribution in [-0.2, 0) is 12.8 Å². The van der Waals surface area contributed by atoms with Crippen LogP contribution >= 0.6 is 0 Å². The third-order valence-corrected chi connectivity index (χ3v) is 5.90. The standard InChI is InChI=1S/C26H24/c1-2-3-4-7-18-10-11-22-17-26-23(24(22)14-18)13-12-21-15-19-8-5-6-9-20(19)16-25(21)26/h5-6,8-16H,2-4,7,17H2,1H3. The van der Waals surface area contributed by atoms with E-state index in [1.807, 2.05) is 0 Å². The molecule has 0 N–H and O–H groups in total. The van der Waals surface area contributed by atoms with Gasteiger partial charge in [-0.15, -0.1) is 0 Å². The molecule has 0 radical (unpaired) electrons. The largest absolute Gasteiger partial charge is 0.0654 e. The highest BCUT2D eigenvalue weighted by molar-refractivity contribution is 6.03. The SMILES string of the molecule is CCCCCc1ccc2c(c1)-c1ccc3cc4ccccc4cc3c1C2. The van der Waals surface area contributed by atoms with Crippen molar-refractivity contribution in [1.29, 1.82) is 0 Å². The zero-order valence-corrected chi connectivity index (χ0v) is 15.4. The Hall–Kier alpha value is -2.60. The summed E-state index contributed by atoms with van der Waals surface area (Å²) in [6.45, 7) is 2.27. The maximum absolute atomic E-state index is 2.45. The van der Waals surface area contributed by atoms with Gasteiger partial charge in [0, 0.05) is 0 Å². The van der Waals surface area contributed by atoms with Crippen LogP contribution in [0.4, 0.5) is 0 Å². The quantitative estimate of drug-likeness (QED) is 0.239. The molecule has 4 aromatic carbocycles. The van der Waals surface area contributed by atoms with Crippen molar-refractivity contribution >= 4 is 21.5 Å². The number of fused-ring (bicyclic) bond motifs is 6. The van der Waals surface area contributed by atoms with Crippen molar-refractivity contribution < 1.29 is 0 Å². The van der Waals surface area contributed by atoms with Crippen molar-refractivity contribution in [3.05, 3.63) is 83.4 Å². The Morgan fingerprint density at radius 2 is 1.58 bits per heavy atom. The van der Waals surface area contributed by atoms with Crippen LogP contribution in [0.3, 0.4) is 0 Å². The summed E-state index contributed by atoms with van der Waals surface area (Å²) in [6.07, 6.45) is 6.18. The predicted molar refractivity (Wildman–Crippen MR) is 113 cm³/mol. The van der Waals surface area contributed by atoms with E-state index in [2.05, 4.69) is 73.7 Å². The van der Waals surface area contributed by atoms with Crippen LogP contribution in [0.1, 0.15) is 42.9 Å². The van der Waals surface area contributed by atoms with Gasteiger partial charge >= 0.3 is 0 Å². The summed E-state index contributed by atoms with van der Waals surface area (Å²) >= 11 is 0. The Balaban J connectivity index is 1.62. The van der Waals surface area contributed by atoms with Gasteiger partial charge in [-0.1, -0.05) is 74.4 Å². The van der Waals surface area contributed by atoms with Gasteiger partial charge in [0.05, 0.1) is 0 Å². The highest BCUT2D eigenvalue weighted by Gasteiger charge is 2.21. The van der Waals surface area contributed by atoms with Crippen molar-refractivity contribution in [3.63, 3.8) is 0 Å². The second kappa shape index (κ2) is 6.29. The Morgan fingerprint density at radius 3 is 2.42 bits per heavy atom. The molecule has 1 aliphatic rings.